The Labute approximate surface area is 120 Å². The van der Waals surface area contributed by atoms with Gasteiger partial charge < -0.3 is 15.0 Å². The van der Waals surface area contributed by atoms with Crippen molar-refractivity contribution in [3.8, 4) is 0 Å². The van der Waals surface area contributed by atoms with E-state index in [0.717, 1.165) is 13.0 Å². The molecule has 1 N–H and O–H groups in total. The molecule has 0 bridgehead atoms. The molecule has 0 unspecified atom stereocenters. The minimum atomic E-state index is -0.285. The highest BCUT2D eigenvalue weighted by molar-refractivity contribution is 5.99. The van der Waals surface area contributed by atoms with Gasteiger partial charge in [-0.1, -0.05) is 6.92 Å². The maximum Gasteiger partial charge on any atom is 0.258 e. The van der Waals surface area contributed by atoms with E-state index in [9.17, 15) is 4.79 Å². The molecular weight excluding hydrogens is 254 g/mol. The highest BCUT2D eigenvalue weighted by atomic mass is 16.5. The van der Waals surface area contributed by atoms with Gasteiger partial charge in [0, 0.05) is 19.3 Å². The number of amides is 1. The zero-order valence-corrected chi connectivity index (χ0v) is 12.5. The number of nitrogens with one attached hydrogen (secondary N) is 1. The number of nitrogens with zero attached hydrogens (tertiary/aromatic N) is 2. The van der Waals surface area contributed by atoms with Gasteiger partial charge in [-0.2, -0.15) is 0 Å². The van der Waals surface area contributed by atoms with E-state index in [1.165, 1.54) is 0 Å². The van der Waals surface area contributed by atoms with Crippen LogP contribution in [0.25, 0.3) is 0 Å². The van der Waals surface area contributed by atoms with Crippen molar-refractivity contribution in [2.24, 2.45) is 0 Å². The van der Waals surface area contributed by atoms with Gasteiger partial charge in [-0.15, -0.1) is 0 Å². The molecule has 0 aromatic carbocycles. The van der Waals surface area contributed by atoms with Crippen LogP contribution >= 0.6 is 0 Å². The fourth-order valence-corrected chi connectivity index (χ4v) is 2.34. The molecule has 0 atom stereocenters. The van der Waals surface area contributed by atoms with Crippen LogP contribution in [-0.2, 0) is 4.74 Å². The Morgan fingerprint density at radius 2 is 2.35 bits per heavy atom. The van der Waals surface area contributed by atoms with Gasteiger partial charge in [0.2, 0.25) is 0 Å². The Morgan fingerprint density at radius 3 is 3.05 bits per heavy atom. The predicted octanol–water partition coefficient (Wildman–Crippen LogP) is 2.15. The standard InChI is InChI=1S/C15H23N3O2/c1-4-7-16-13-12(6-5-8-17-13)14(19)18-9-10-20-11-15(18,2)3/h5-6,8H,4,7,9-11H2,1-3H3,(H,16,17). The Balaban J connectivity index is 2.24. The first-order chi connectivity index (χ1) is 9.56. The summed E-state index contributed by atoms with van der Waals surface area (Å²) in [5.74, 6) is 0.687. The van der Waals surface area contributed by atoms with E-state index in [1.54, 1.807) is 12.3 Å². The molecule has 1 aliphatic heterocycles. The predicted molar refractivity (Wildman–Crippen MR) is 79.0 cm³/mol. The molecule has 110 valence electrons. The molecule has 1 aromatic heterocycles. The Morgan fingerprint density at radius 1 is 1.55 bits per heavy atom. The van der Waals surface area contributed by atoms with Gasteiger partial charge in [0.1, 0.15) is 5.82 Å². The van der Waals surface area contributed by atoms with Crippen LogP contribution in [0.3, 0.4) is 0 Å². The summed E-state index contributed by atoms with van der Waals surface area (Å²) >= 11 is 0. The first-order valence-corrected chi connectivity index (χ1v) is 7.15. The fraction of sp³-hybridized carbons (Fsp3) is 0.600. The number of hydrogen-bond donors (Lipinski definition) is 1. The van der Waals surface area contributed by atoms with Gasteiger partial charge in [-0.25, -0.2) is 4.98 Å². The average Bonchev–Trinajstić information content (AvgIpc) is 2.44. The molecule has 5 nitrogen and oxygen atoms in total. The van der Waals surface area contributed by atoms with Crippen molar-refractivity contribution in [1.82, 2.24) is 9.88 Å². The third kappa shape index (κ3) is 3.10. The molecule has 1 saturated heterocycles. The van der Waals surface area contributed by atoms with Gasteiger partial charge in [0.25, 0.3) is 5.91 Å². The summed E-state index contributed by atoms with van der Waals surface area (Å²) in [6.45, 7) is 8.73. The van der Waals surface area contributed by atoms with Gasteiger partial charge in [-0.05, 0) is 32.4 Å². The SMILES string of the molecule is CCCNc1ncccc1C(=O)N1CCOCC1(C)C. The van der Waals surface area contributed by atoms with Crippen LogP contribution in [0.1, 0.15) is 37.6 Å². The van der Waals surface area contributed by atoms with Crippen LogP contribution in [0.4, 0.5) is 5.82 Å². The molecule has 0 aliphatic carbocycles. The lowest BCUT2D eigenvalue weighted by Gasteiger charge is -2.42. The fourth-order valence-electron chi connectivity index (χ4n) is 2.34. The summed E-state index contributed by atoms with van der Waals surface area (Å²) < 4.78 is 5.47. The molecule has 1 fully saturated rings. The number of aromatic nitrogens is 1. The number of carbonyl (C=O) groups is 1. The van der Waals surface area contributed by atoms with Crippen molar-refractivity contribution in [2.45, 2.75) is 32.7 Å². The summed E-state index contributed by atoms with van der Waals surface area (Å²) in [5, 5.41) is 3.22. The van der Waals surface area contributed by atoms with E-state index in [1.807, 2.05) is 24.8 Å². The Kier molecular flexibility index (Phi) is 4.60. The number of ether oxygens (including phenoxy) is 1. The van der Waals surface area contributed by atoms with Crippen LogP contribution in [0.2, 0.25) is 0 Å². The number of carbonyl (C=O) groups excluding carboxylic acids is 1. The second-order valence-corrected chi connectivity index (χ2v) is 5.65. The molecule has 1 amide bonds. The van der Waals surface area contributed by atoms with Crippen molar-refractivity contribution in [2.75, 3.05) is 31.6 Å². The van der Waals surface area contributed by atoms with E-state index in [4.69, 9.17) is 4.74 Å². The topological polar surface area (TPSA) is 54.5 Å². The van der Waals surface area contributed by atoms with Crippen molar-refractivity contribution in [1.29, 1.82) is 0 Å². The van der Waals surface area contributed by atoms with Crippen LogP contribution in [0, 0.1) is 0 Å². The largest absolute Gasteiger partial charge is 0.377 e. The van der Waals surface area contributed by atoms with Gasteiger partial charge >= 0.3 is 0 Å². The highest BCUT2D eigenvalue weighted by Gasteiger charge is 2.35. The molecule has 20 heavy (non-hydrogen) atoms. The molecule has 0 spiro atoms. The summed E-state index contributed by atoms with van der Waals surface area (Å²) in [5.41, 5.74) is 0.351. The first kappa shape index (κ1) is 14.8. The van der Waals surface area contributed by atoms with Crippen LogP contribution in [-0.4, -0.2) is 47.6 Å². The lowest BCUT2D eigenvalue weighted by molar-refractivity contribution is -0.0370. The number of rotatable bonds is 4. The maximum atomic E-state index is 12.8. The zero-order chi connectivity index (χ0) is 14.6. The van der Waals surface area contributed by atoms with Gasteiger partial charge in [-0.3, -0.25) is 4.79 Å². The van der Waals surface area contributed by atoms with Crippen LogP contribution in [0.15, 0.2) is 18.3 Å². The third-order valence-corrected chi connectivity index (χ3v) is 3.47. The highest BCUT2D eigenvalue weighted by Crippen LogP contribution is 2.24. The lowest BCUT2D eigenvalue weighted by Crippen LogP contribution is -2.55. The number of pyridine rings is 1. The molecular formula is C15H23N3O2. The van der Waals surface area contributed by atoms with E-state index in [2.05, 4.69) is 17.2 Å². The molecule has 1 aromatic rings. The minimum absolute atomic E-state index is 0.0185. The van der Waals surface area contributed by atoms with E-state index < -0.39 is 0 Å². The van der Waals surface area contributed by atoms with E-state index >= 15 is 0 Å². The minimum Gasteiger partial charge on any atom is -0.377 e. The quantitative estimate of drug-likeness (QED) is 0.916. The molecule has 5 heteroatoms. The second kappa shape index (κ2) is 6.22. The van der Waals surface area contributed by atoms with Crippen molar-refractivity contribution in [3.05, 3.63) is 23.9 Å². The van der Waals surface area contributed by atoms with Gasteiger partial charge in [0.15, 0.2) is 0 Å². The summed E-state index contributed by atoms with van der Waals surface area (Å²) in [6, 6.07) is 3.64. The third-order valence-electron chi connectivity index (χ3n) is 3.47. The summed E-state index contributed by atoms with van der Waals surface area (Å²) in [6.07, 6.45) is 2.70. The van der Waals surface area contributed by atoms with Crippen molar-refractivity contribution in [3.63, 3.8) is 0 Å². The molecule has 0 radical (unpaired) electrons. The molecule has 2 rings (SSSR count). The number of morpholine rings is 1. The lowest BCUT2D eigenvalue weighted by atomic mass is 10.0. The number of anilines is 1. The monoisotopic (exact) mass is 277 g/mol. The molecule has 2 heterocycles. The molecule has 0 saturated carbocycles. The van der Waals surface area contributed by atoms with Crippen molar-refractivity contribution >= 4 is 11.7 Å². The maximum absolute atomic E-state index is 12.8. The normalized spacial score (nSPS) is 17.9. The Hall–Kier alpha value is -1.62. The smallest absolute Gasteiger partial charge is 0.258 e. The van der Waals surface area contributed by atoms with Crippen LogP contribution < -0.4 is 5.32 Å². The van der Waals surface area contributed by atoms with Crippen LogP contribution in [0.5, 0.6) is 0 Å². The second-order valence-electron chi connectivity index (χ2n) is 5.65. The first-order valence-electron chi connectivity index (χ1n) is 7.15. The van der Waals surface area contributed by atoms with E-state index in [-0.39, 0.29) is 11.4 Å². The average molecular weight is 277 g/mol. The molecule has 1 aliphatic rings. The summed E-state index contributed by atoms with van der Waals surface area (Å²) in [4.78, 5) is 19.0. The summed E-state index contributed by atoms with van der Waals surface area (Å²) in [7, 11) is 0. The van der Waals surface area contributed by atoms with Gasteiger partial charge in [0.05, 0.1) is 24.3 Å². The van der Waals surface area contributed by atoms with Crippen molar-refractivity contribution < 1.29 is 9.53 Å². The van der Waals surface area contributed by atoms with E-state index in [0.29, 0.717) is 31.1 Å². The zero-order valence-electron chi connectivity index (χ0n) is 12.5. The number of hydrogen-bond acceptors (Lipinski definition) is 4. The Bertz CT molecular complexity index is 474.